The number of carboxylic acids is 1. The maximum Gasteiger partial charge on any atom is 0.331 e. The van der Waals surface area contributed by atoms with Gasteiger partial charge in [0.15, 0.2) is 5.78 Å². The average Bonchev–Trinajstić information content (AvgIpc) is 3.05. The number of carboxylic acid groups (broad SMARTS) is 1. The second-order valence-electron chi connectivity index (χ2n) is 5.54. The summed E-state index contributed by atoms with van der Waals surface area (Å²) in [4.78, 5) is 23.7. The molecule has 1 unspecified atom stereocenters. The third kappa shape index (κ3) is 3.20. The Labute approximate surface area is 139 Å². The molecule has 4 heteroatoms. The summed E-state index contributed by atoms with van der Waals surface area (Å²) in [5, 5.41) is 9.84. The van der Waals surface area contributed by atoms with Crippen LogP contribution in [0.2, 0.25) is 5.02 Å². The molecule has 0 spiro atoms. The lowest BCUT2D eigenvalue weighted by Crippen LogP contribution is -2.18. The molecule has 2 aromatic rings. The summed E-state index contributed by atoms with van der Waals surface area (Å²) in [6.45, 7) is 0. The topological polar surface area (TPSA) is 54.4 Å². The minimum Gasteiger partial charge on any atom is -0.478 e. The minimum absolute atomic E-state index is 0.126. The smallest absolute Gasteiger partial charge is 0.331 e. The Balaban J connectivity index is 1.82. The molecule has 1 aliphatic carbocycles. The van der Waals surface area contributed by atoms with Crippen LogP contribution in [0.4, 0.5) is 0 Å². The van der Waals surface area contributed by atoms with Crippen LogP contribution in [0.25, 0.3) is 11.1 Å². The zero-order valence-electron chi connectivity index (χ0n) is 12.3. The second kappa shape index (κ2) is 6.39. The monoisotopic (exact) mass is 326 g/mol. The third-order valence-electron chi connectivity index (χ3n) is 4.11. The Hall–Kier alpha value is -2.39. The van der Waals surface area contributed by atoms with Gasteiger partial charge in [0.05, 0.1) is 5.92 Å². The zero-order valence-corrected chi connectivity index (χ0v) is 13.1. The highest BCUT2D eigenvalue weighted by molar-refractivity contribution is 6.30. The van der Waals surface area contributed by atoms with E-state index in [2.05, 4.69) is 0 Å². The predicted molar refractivity (Wildman–Crippen MR) is 89.7 cm³/mol. The highest BCUT2D eigenvalue weighted by atomic mass is 35.5. The first-order chi connectivity index (χ1) is 11.1. The molecule has 0 heterocycles. The Morgan fingerprint density at radius 3 is 2.09 bits per heavy atom. The molecule has 3 nitrogen and oxygen atoms in total. The van der Waals surface area contributed by atoms with Crippen LogP contribution in [0.3, 0.4) is 0 Å². The second-order valence-corrected chi connectivity index (χ2v) is 5.98. The number of carbonyl (C=O) groups excluding carboxylic acids is 1. The molecule has 0 amide bonds. The lowest BCUT2D eigenvalue weighted by Gasteiger charge is -2.11. The van der Waals surface area contributed by atoms with Gasteiger partial charge in [0.2, 0.25) is 0 Å². The van der Waals surface area contributed by atoms with Gasteiger partial charge in [0.1, 0.15) is 0 Å². The molecular formula is C19H15ClO3. The number of Topliss-reactive ketones (excluding diaryl/α,β-unsaturated/α-hetero) is 1. The molecule has 3 rings (SSSR count). The fourth-order valence-corrected chi connectivity index (χ4v) is 3.01. The Kier molecular flexibility index (Phi) is 4.30. The molecule has 0 radical (unpaired) electrons. The molecule has 0 aromatic heterocycles. The minimum atomic E-state index is -1.00. The molecule has 0 saturated heterocycles. The molecule has 23 heavy (non-hydrogen) atoms. The quantitative estimate of drug-likeness (QED) is 0.835. The summed E-state index contributed by atoms with van der Waals surface area (Å²) in [5.41, 5.74) is 2.76. The van der Waals surface area contributed by atoms with E-state index in [4.69, 9.17) is 16.7 Å². The van der Waals surface area contributed by atoms with Crippen LogP contribution in [0.1, 0.15) is 23.2 Å². The Morgan fingerprint density at radius 1 is 0.957 bits per heavy atom. The molecule has 116 valence electrons. The molecule has 0 bridgehead atoms. The van der Waals surface area contributed by atoms with E-state index in [0.29, 0.717) is 23.4 Å². The fraction of sp³-hybridized carbons (Fsp3) is 0.158. The number of aliphatic carboxylic acids is 1. The van der Waals surface area contributed by atoms with Crippen molar-refractivity contribution in [3.63, 3.8) is 0 Å². The van der Waals surface area contributed by atoms with Gasteiger partial charge in [-0.1, -0.05) is 54.1 Å². The van der Waals surface area contributed by atoms with Crippen LogP contribution in [0.15, 0.2) is 60.2 Å². The van der Waals surface area contributed by atoms with Gasteiger partial charge in [-0.15, -0.1) is 0 Å². The first kappa shape index (κ1) is 15.5. The van der Waals surface area contributed by atoms with E-state index in [1.165, 1.54) is 0 Å². The molecule has 0 saturated carbocycles. The van der Waals surface area contributed by atoms with Gasteiger partial charge in [-0.2, -0.15) is 0 Å². The van der Waals surface area contributed by atoms with E-state index in [1.54, 1.807) is 18.2 Å². The van der Waals surface area contributed by atoms with E-state index < -0.39 is 11.9 Å². The summed E-state index contributed by atoms with van der Waals surface area (Å²) in [6, 6.07) is 14.7. The average molecular weight is 327 g/mol. The van der Waals surface area contributed by atoms with Crippen molar-refractivity contribution >= 4 is 23.4 Å². The molecule has 1 aliphatic rings. The summed E-state index contributed by atoms with van der Waals surface area (Å²) in [7, 11) is 0. The number of ketones is 1. The summed E-state index contributed by atoms with van der Waals surface area (Å²) in [6.07, 6.45) is 2.85. The maximum atomic E-state index is 12.5. The molecular weight excluding hydrogens is 312 g/mol. The Bertz CT molecular complexity index is 773. The summed E-state index contributed by atoms with van der Waals surface area (Å²) in [5.74, 6) is -1.66. The van der Waals surface area contributed by atoms with Crippen LogP contribution < -0.4 is 0 Å². The van der Waals surface area contributed by atoms with Crippen LogP contribution in [-0.2, 0) is 4.79 Å². The van der Waals surface area contributed by atoms with Gasteiger partial charge >= 0.3 is 5.97 Å². The highest BCUT2D eigenvalue weighted by Crippen LogP contribution is 2.30. The van der Waals surface area contributed by atoms with Crippen molar-refractivity contribution in [2.45, 2.75) is 12.8 Å². The van der Waals surface area contributed by atoms with E-state index in [9.17, 15) is 9.59 Å². The van der Waals surface area contributed by atoms with Gasteiger partial charge in [0.25, 0.3) is 0 Å². The molecule has 0 fully saturated rings. The number of hydrogen-bond donors (Lipinski definition) is 1. The number of carbonyl (C=O) groups is 2. The first-order valence-corrected chi connectivity index (χ1v) is 7.77. The van der Waals surface area contributed by atoms with E-state index >= 15 is 0 Å². The molecule has 2 aromatic carbocycles. The van der Waals surface area contributed by atoms with Crippen LogP contribution in [0, 0.1) is 5.92 Å². The first-order valence-electron chi connectivity index (χ1n) is 7.40. The van der Waals surface area contributed by atoms with Gasteiger partial charge in [-0.25, -0.2) is 4.79 Å². The number of rotatable bonds is 4. The fourth-order valence-electron chi connectivity index (χ4n) is 2.88. The molecule has 1 atom stereocenters. The standard InChI is InChI=1S/C19H15ClO3/c20-15-10-8-13(9-11-15)12-4-6-14(7-5-12)18(21)16-2-1-3-17(16)19(22)23/h3-11,16H,1-2H2,(H,22,23). The van der Waals surface area contributed by atoms with Crippen molar-refractivity contribution in [1.29, 1.82) is 0 Å². The van der Waals surface area contributed by atoms with Crippen molar-refractivity contribution in [2.75, 3.05) is 0 Å². The van der Waals surface area contributed by atoms with Crippen molar-refractivity contribution in [2.24, 2.45) is 5.92 Å². The maximum absolute atomic E-state index is 12.5. The molecule has 1 N–H and O–H groups in total. The number of allylic oxidation sites excluding steroid dienone is 1. The predicted octanol–water partition coefficient (Wildman–Crippen LogP) is 4.61. The largest absolute Gasteiger partial charge is 0.478 e. The van der Waals surface area contributed by atoms with E-state index in [0.717, 1.165) is 11.1 Å². The van der Waals surface area contributed by atoms with Crippen LogP contribution >= 0.6 is 11.6 Å². The van der Waals surface area contributed by atoms with Gasteiger partial charge < -0.3 is 5.11 Å². The number of hydrogen-bond acceptors (Lipinski definition) is 2. The SMILES string of the molecule is O=C(O)C1=CCCC1C(=O)c1ccc(-c2ccc(Cl)cc2)cc1. The third-order valence-corrected chi connectivity index (χ3v) is 4.36. The Morgan fingerprint density at radius 2 is 1.52 bits per heavy atom. The van der Waals surface area contributed by atoms with Gasteiger partial charge in [-0.3, -0.25) is 4.79 Å². The van der Waals surface area contributed by atoms with Crippen molar-refractivity contribution in [1.82, 2.24) is 0 Å². The van der Waals surface area contributed by atoms with Gasteiger partial charge in [-0.05, 0) is 36.1 Å². The summed E-state index contributed by atoms with van der Waals surface area (Å²) >= 11 is 5.88. The van der Waals surface area contributed by atoms with Gasteiger partial charge in [0, 0.05) is 16.2 Å². The number of benzene rings is 2. The summed E-state index contributed by atoms with van der Waals surface area (Å²) < 4.78 is 0. The lowest BCUT2D eigenvalue weighted by atomic mass is 9.91. The van der Waals surface area contributed by atoms with E-state index in [1.807, 2.05) is 36.4 Å². The lowest BCUT2D eigenvalue weighted by molar-refractivity contribution is -0.133. The van der Waals surface area contributed by atoms with Crippen molar-refractivity contribution < 1.29 is 14.7 Å². The van der Waals surface area contributed by atoms with E-state index in [-0.39, 0.29) is 11.4 Å². The normalized spacial score (nSPS) is 16.9. The zero-order chi connectivity index (χ0) is 16.4. The van der Waals surface area contributed by atoms with Crippen LogP contribution in [-0.4, -0.2) is 16.9 Å². The van der Waals surface area contributed by atoms with Crippen LogP contribution in [0.5, 0.6) is 0 Å². The van der Waals surface area contributed by atoms with Crippen molar-refractivity contribution in [3.8, 4) is 11.1 Å². The molecule has 0 aliphatic heterocycles. The highest BCUT2D eigenvalue weighted by Gasteiger charge is 2.31. The van der Waals surface area contributed by atoms with Crippen molar-refractivity contribution in [3.05, 3.63) is 70.8 Å². The number of halogens is 1.